The molecule has 16 heteroatoms. The molecule has 15 nitrogen and oxygen atoms in total. The lowest BCUT2D eigenvalue weighted by molar-refractivity contribution is -0.539. The number of amides is 1. The van der Waals surface area contributed by atoms with E-state index in [0.717, 1.165) is 5.56 Å². The van der Waals surface area contributed by atoms with Crippen molar-refractivity contribution in [2.24, 2.45) is 5.92 Å². The maximum absolute atomic E-state index is 14.3. The number of halogens is 1. The quantitative estimate of drug-likeness (QED) is 0.0353. The molecule has 7 N–H and O–H groups in total. The fraction of sp³-hybridized carbons (Fsp3) is 0.400. The van der Waals surface area contributed by atoms with E-state index < -0.39 is 59.3 Å². The molecule has 0 saturated heterocycles. The molecule has 0 radical (unpaired) electrons. The zero-order chi connectivity index (χ0) is 40.9. The molecule has 1 heterocycles. The molecule has 0 fully saturated rings. The molecule has 304 valence electrons. The fourth-order valence-corrected chi connectivity index (χ4v) is 6.75. The Kier molecular flexibility index (Phi) is 16.6. The van der Waals surface area contributed by atoms with E-state index in [1.165, 1.54) is 19.1 Å². The van der Waals surface area contributed by atoms with Crippen LogP contribution in [0.5, 0.6) is 0 Å². The summed E-state index contributed by atoms with van der Waals surface area (Å²) < 4.78 is 21.4. The zero-order valence-corrected chi connectivity index (χ0v) is 31.7. The third-order valence-corrected chi connectivity index (χ3v) is 9.26. The van der Waals surface area contributed by atoms with Crippen LogP contribution in [0, 0.1) is 11.7 Å². The van der Waals surface area contributed by atoms with E-state index in [2.05, 4.69) is 10.2 Å². The van der Waals surface area contributed by atoms with Crippen molar-refractivity contribution < 1.29 is 59.4 Å². The van der Waals surface area contributed by atoms with Gasteiger partial charge in [0.1, 0.15) is 18.0 Å². The Balaban J connectivity index is 1.52. The Morgan fingerprint density at radius 2 is 1.39 bits per heavy atom. The Labute approximate surface area is 324 Å². The number of anilines is 1. The van der Waals surface area contributed by atoms with Gasteiger partial charge in [0.25, 0.3) is 5.91 Å². The first-order chi connectivity index (χ1) is 26.7. The van der Waals surface area contributed by atoms with Crippen LogP contribution >= 0.6 is 0 Å². The fourth-order valence-electron chi connectivity index (χ4n) is 6.75. The summed E-state index contributed by atoms with van der Waals surface area (Å²) in [6, 6.07) is 24.5. The molecule has 5 atom stereocenters. The second kappa shape index (κ2) is 21.1. The summed E-state index contributed by atoms with van der Waals surface area (Å²) >= 11 is 0. The van der Waals surface area contributed by atoms with Gasteiger partial charge < -0.3 is 24.8 Å². The smallest absolute Gasteiger partial charge is 0.308 e. The topological polar surface area (TPSA) is 207 Å². The summed E-state index contributed by atoms with van der Waals surface area (Å²) in [6.45, 7) is 6.99. The van der Waals surface area contributed by atoms with Crippen LogP contribution in [0.1, 0.15) is 75.3 Å². The standard InChI is InChI=1S/C40H51FN4O11/c1-25(2)37-36(40(49)42-31-13-9-6-10-14-31)35(28-11-7-5-8-12-28)38(29-15-17-30(41)18-16-29)43(37)21-19-32(46)23-33(47)24-34(48)54-22-20-26(3)39(56-45(52)53)27(4)55-44(50)51/h5-18,25-27,32-33,39,46-47,50-53H,19-24H2,1-4H3,(H,42,49). The summed E-state index contributed by atoms with van der Waals surface area (Å²) in [5, 5.41) is 59.9. The van der Waals surface area contributed by atoms with Gasteiger partial charge in [-0.1, -0.05) is 69.3 Å². The van der Waals surface area contributed by atoms with Crippen molar-refractivity contribution in [3.8, 4) is 22.4 Å². The monoisotopic (exact) mass is 782 g/mol. The first-order valence-electron chi connectivity index (χ1n) is 18.3. The van der Waals surface area contributed by atoms with E-state index in [9.17, 15) is 24.2 Å². The molecule has 0 aliphatic rings. The SMILES string of the molecule is CC(C)c1c(C(=O)Nc2ccccc2)c(-c2ccccc2)c(-c2ccc(F)cc2)n1CCC(O)CC(O)CC(=O)OCCC(C)C(ON(O)O)C(C)ON(O)O. The number of ether oxygens (including phenoxy) is 1. The van der Waals surface area contributed by atoms with Crippen molar-refractivity contribution in [2.75, 3.05) is 11.9 Å². The van der Waals surface area contributed by atoms with Gasteiger partial charge in [0.15, 0.2) is 0 Å². The molecule has 0 aliphatic heterocycles. The third kappa shape index (κ3) is 12.5. The van der Waals surface area contributed by atoms with Gasteiger partial charge in [0, 0.05) is 23.5 Å². The van der Waals surface area contributed by atoms with Crippen LogP contribution in [0.3, 0.4) is 0 Å². The van der Waals surface area contributed by atoms with Crippen molar-refractivity contribution in [1.82, 2.24) is 15.3 Å². The second-order valence-electron chi connectivity index (χ2n) is 13.9. The number of nitrogens with zero attached hydrogens (tertiary/aromatic N) is 3. The van der Waals surface area contributed by atoms with Crippen molar-refractivity contribution in [3.63, 3.8) is 0 Å². The van der Waals surface area contributed by atoms with Gasteiger partial charge in [-0.15, -0.1) is 0 Å². The normalized spacial score (nSPS) is 14.5. The highest BCUT2D eigenvalue weighted by Gasteiger charge is 2.32. The van der Waals surface area contributed by atoms with Gasteiger partial charge in [-0.05, 0) is 85.5 Å². The van der Waals surface area contributed by atoms with Crippen LogP contribution in [-0.4, -0.2) is 89.3 Å². The number of hydrogen-bond donors (Lipinski definition) is 7. The second-order valence-corrected chi connectivity index (χ2v) is 13.9. The number of nitrogens with one attached hydrogen (secondary N) is 1. The Hall–Kier alpha value is -4.59. The summed E-state index contributed by atoms with van der Waals surface area (Å²) in [6.07, 6.45) is -4.81. The van der Waals surface area contributed by atoms with E-state index in [1.807, 2.05) is 66.9 Å². The van der Waals surface area contributed by atoms with E-state index in [1.54, 1.807) is 31.2 Å². The van der Waals surface area contributed by atoms with E-state index in [4.69, 9.17) is 30.4 Å². The number of para-hydroxylation sites is 1. The predicted octanol–water partition coefficient (Wildman–Crippen LogP) is 6.58. The molecule has 4 rings (SSSR count). The molecule has 0 aliphatic carbocycles. The third-order valence-electron chi connectivity index (χ3n) is 9.26. The zero-order valence-electron chi connectivity index (χ0n) is 31.7. The van der Waals surface area contributed by atoms with Gasteiger partial charge in [0.2, 0.25) is 0 Å². The van der Waals surface area contributed by atoms with Gasteiger partial charge in [-0.3, -0.25) is 30.4 Å². The lowest BCUT2D eigenvalue weighted by Gasteiger charge is -2.29. The predicted molar refractivity (Wildman–Crippen MR) is 201 cm³/mol. The molecule has 56 heavy (non-hydrogen) atoms. The number of carbonyl (C=O) groups excluding carboxylic acids is 2. The molecule has 1 amide bonds. The van der Waals surface area contributed by atoms with Crippen molar-refractivity contribution in [2.45, 2.75) is 90.3 Å². The number of hydrogen-bond acceptors (Lipinski definition) is 13. The van der Waals surface area contributed by atoms with Crippen molar-refractivity contribution >= 4 is 17.6 Å². The molecule has 0 bridgehead atoms. The van der Waals surface area contributed by atoms with Crippen LogP contribution < -0.4 is 5.32 Å². The average molecular weight is 783 g/mol. The van der Waals surface area contributed by atoms with Gasteiger partial charge in [-0.25, -0.2) is 14.1 Å². The number of benzene rings is 3. The Morgan fingerprint density at radius 1 is 0.786 bits per heavy atom. The first kappa shape index (κ1) is 44.1. The number of esters is 1. The number of aliphatic hydroxyl groups excluding tert-OH is 2. The minimum absolute atomic E-state index is 0.133. The van der Waals surface area contributed by atoms with Gasteiger partial charge in [-0.2, -0.15) is 0 Å². The minimum atomic E-state index is -1.25. The highest BCUT2D eigenvalue weighted by Crippen LogP contribution is 2.42. The molecule has 0 spiro atoms. The van der Waals surface area contributed by atoms with Gasteiger partial charge >= 0.3 is 5.97 Å². The first-order valence-corrected chi connectivity index (χ1v) is 18.3. The Bertz CT molecular complexity index is 1830. The van der Waals surface area contributed by atoms with Gasteiger partial charge in [0.05, 0.1) is 47.3 Å². The summed E-state index contributed by atoms with van der Waals surface area (Å²) in [5.41, 5.74) is 4.49. The highest BCUT2D eigenvalue weighted by atomic mass is 19.1. The highest BCUT2D eigenvalue weighted by molar-refractivity contribution is 6.12. The lowest BCUT2D eigenvalue weighted by Crippen LogP contribution is -2.41. The van der Waals surface area contributed by atoms with Crippen LogP contribution in [0.15, 0.2) is 84.9 Å². The molecule has 3 aromatic carbocycles. The van der Waals surface area contributed by atoms with E-state index in [-0.39, 0.29) is 44.2 Å². The van der Waals surface area contributed by atoms with E-state index in [0.29, 0.717) is 33.8 Å². The van der Waals surface area contributed by atoms with Crippen LogP contribution in [0.2, 0.25) is 0 Å². The number of aliphatic hydroxyl groups is 2. The minimum Gasteiger partial charge on any atom is -0.466 e. The lowest BCUT2D eigenvalue weighted by atomic mass is 9.94. The maximum atomic E-state index is 14.3. The van der Waals surface area contributed by atoms with Crippen LogP contribution in [-0.2, 0) is 25.8 Å². The average Bonchev–Trinajstić information content (AvgIpc) is 3.49. The van der Waals surface area contributed by atoms with E-state index >= 15 is 0 Å². The molecule has 0 saturated carbocycles. The van der Waals surface area contributed by atoms with Crippen LogP contribution in [0.4, 0.5) is 10.1 Å². The largest absolute Gasteiger partial charge is 0.466 e. The number of carbonyl (C=O) groups is 2. The molecule has 5 unspecified atom stereocenters. The molecule has 1 aromatic heterocycles. The molecular weight excluding hydrogens is 731 g/mol. The number of rotatable bonds is 21. The van der Waals surface area contributed by atoms with Crippen LogP contribution in [0.25, 0.3) is 22.4 Å². The molecule has 4 aromatic rings. The summed E-state index contributed by atoms with van der Waals surface area (Å²) in [7, 11) is 0. The van der Waals surface area contributed by atoms with Crippen molar-refractivity contribution in [1.29, 1.82) is 0 Å². The summed E-state index contributed by atoms with van der Waals surface area (Å²) in [4.78, 5) is 36.4. The molecular formula is C40H51FN4O11. The Morgan fingerprint density at radius 3 is 1.98 bits per heavy atom. The maximum Gasteiger partial charge on any atom is 0.308 e. The van der Waals surface area contributed by atoms with Crippen molar-refractivity contribution in [3.05, 3.63) is 102 Å². The number of aromatic nitrogens is 1. The summed E-state index contributed by atoms with van der Waals surface area (Å²) in [5.74, 6) is -2.22.